The van der Waals surface area contributed by atoms with Crippen molar-refractivity contribution in [1.29, 1.82) is 0 Å². The average molecular weight is 296 g/mol. The number of benzene rings is 1. The topological polar surface area (TPSA) is 82.2 Å². The Hall–Kier alpha value is -2.64. The van der Waals surface area contributed by atoms with Crippen molar-refractivity contribution in [2.75, 3.05) is 18.2 Å². The van der Waals surface area contributed by atoms with Crippen LogP contribution in [-0.4, -0.2) is 22.6 Å². The Bertz CT molecular complexity index is 643. The van der Waals surface area contributed by atoms with Crippen LogP contribution in [0.15, 0.2) is 30.7 Å². The van der Waals surface area contributed by atoms with E-state index in [2.05, 4.69) is 15.0 Å². The van der Waals surface area contributed by atoms with Gasteiger partial charge in [0.15, 0.2) is 0 Å². The third-order valence-electron chi connectivity index (χ3n) is 2.89. The van der Waals surface area contributed by atoms with E-state index in [1.807, 2.05) is 0 Å². The zero-order valence-electron chi connectivity index (χ0n) is 11.2. The Labute approximate surface area is 119 Å². The van der Waals surface area contributed by atoms with Crippen LogP contribution >= 0.6 is 0 Å². The van der Waals surface area contributed by atoms with E-state index in [1.54, 1.807) is 6.07 Å². The van der Waals surface area contributed by atoms with Gasteiger partial charge < -0.3 is 15.8 Å². The van der Waals surface area contributed by atoms with E-state index in [-0.39, 0.29) is 6.54 Å². The molecule has 0 fully saturated rings. The Morgan fingerprint density at radius 2 is 2.29 bits per heavy atom. The fraction of sp³-hybridized carbons (Fsp3) is 0.231. The second-order valence-electron chi connectivity index (χ2n) is 4.22. The molecule has 0 saturated heterocycles. The first-order chi connectivity index (χ1) is 10.0. The highest BCUT2D eigenvalue weighted by Crippen LogP contribution is 2.22. The van der Waals surface area contributed by atoms with Gasteiger partial charge in [-0.3, -0.25) is 4.57 Å². The molecule has 0 spiro atoms. The molecule has 3 N–H and O–H groups in total. The van der Waals surface area contributed by atoms with Gasteiger partial charge in [-0.05, 0) is 18.2 Å². The maximum Gasteiger partial charge on any atom is 0.337 e. The number of nitrogens with zero attached hydrogens (tertiary/aromatic N) is 2. The number of carbonyl (C=O) groups is 1. The normalized spacial score (nSPS) is 10.7. The number of nitrogens with one attached hydrogen (secondary N) is 1. The molecular weight excluding hydrogens is 282 g/mol. The summed E-state index contributed by atoms with van der Waals surface area (Å²) in [6.45, 7) is -2.57. The molecule has 6 nitrogen and oxygen atoms in total. The number of halogens is 2. The molecule has 1 aromatic heterocycles. The summed E-state index contributed by atoms with van der Waals surface area (Å²) >= 11 is 0. The number of hydrogen-bond donors (Lipinski definition) is 2. The van der Waals surface area contributed by atoms with Crippen LogP contribution in [0.5, 0.6) is 0 Å². The number of carbonyl (C=O) groups excluding carboxylic acids is 1. The molecule has 0 saturated carbocycles. The van der Waals surface area contributed by atoms with Crippen molar-refractivity contribution in [2.24, 2.45) is 0 Å². The van der Waals surface area contributed by atoms with E-state index in [9.17, 15) is 13.6 Å². The lowest BCUT2D eigenvalue weighted by molar-refractivity contribution is 0.0600. The first kappa shape index (κ1) is 14.8. The molecule has 0 aliphatic heterocycles. The summed E-state index contributed by atoms with van der Waals surface area (Å²) in [6, 6.07) is 4.57. The van der Waals surface area contributed by atoms with Crippen molar-refractivity contribution in [3.05, 3.63) is 42.0 Å². The lowest BCUT2D eigenvalue weighted by atomic mass is 10.1. The average Bonchev–Trinajstić information content (AvgIpc) is 2.94. The molecule has 112 valence electrons. The van der Waals surface area contributed by atoms with Gasteiger partial charge in [-0.2, -0.15) is 8.78 Å². The van der Waals surface area contributed by atoms with Gasteiger partial charge in [0.1, 0.15) is 0 Å². The zero-order chi connectivity index (χ0) is 15.4. The molecule has 0 unspecified atom stereocenters. The molecular formula is C13H14F2N4O2. The second kappa shape index (κ2) is 6.21. The van der Waals surface area contributed by atoms with Gasteiger partial charge in [0, 0.05) is 0 Å². The molecule has 0 bridgehead atoms. The van der Waals surface area contributed by atoms with E-state index < -0.39 is 12.5 Å². The highest BCUT2D eigenvalue weighted by atomic mass is 19.3. The number of methoxy groups -OCH3 is 1. The Morgan fingerprint density at radius 1 is 1.52 bits per heavy atom. The standard InChI is InChI=1S/C13H14F2N4O2/c1-21-12(20)8-2-3-10(16)11(4-8)18-6-9-5-17-7-19(9)13(14)15/h2-5,7,13,18H,6,16H2,1H3. The maximum absolute atomic E-state index is 12.7. The molecule has 0 amide bonds. The van der Waals surface area contributed by atoms with Crippen LogP contribution < -0.4 is 11.1 Å². The number of anilines is 2. The minimum absolute atomic E-state index is 0.0964. The van der Waals surface area contributed by atoms with Crippen LogP contribution in [0, 0.1) is 0 Å². The van der Waals surface area contributed by atoms with Crippen molar-refractivity contribution in [2.45, 2.75) is 13.1 Å². The molecule has 21 heavy (non-hydrogen) atoms. The van der Waals surface area contributed by atoms with Gasteiger partial charge >= 0.3 is 12.5 Å². The van der Waals surface area contributed by atoms with Crippen molar-refractivity contribution >= 4 is 17.3 Å². The lowest BCUT2D eigenvalue weighted by Gasteiger charge is -2.12. The van der Waals surface area contributed by atoms with Crippen molar-refractivity contribution in [3.63, 3.8) is 0 Å². The summed E-state index contributed by atoms with van der Waals surface area (Å²) in [5.74, 6) is -0.504. The fourth-order valence-electron chi connectivity index (χ4n) is 1.78. The first-order valence-corrected chi connectivity index (χ1v) is 6.03. The lowest BCUT2D eigenvalue weighted by Crippen LogP contribution is -2.10. The van der Waals surface area contributed by atoms with Crippen molar-refractivity contribution in [3.8, 4) is 0 Å². The third kappa shape index (κ3) is 3.28. The van der Waals surface area contributed by atoms with Gasteiger partial charge in [-0.1, -0.05) is 0 Å². The van der Waals surface area contributed by atoms with Gasteiger partial charge in [-0.25, -0.2) is 9.78 Å². The van der Waals surface area contributed by atoms with E-state index in [0.717, 1.165) is 10.9 Å². The van der Waals surface area contributed by atoms with Crippen LogP contribution in [0.1, 0.15) is 22.6 Å². The number of ether oxygens (including phenoxy) is 1. The summed E-state index contributed by atoms with van der Waals surface area (Å²) in [5.41, 5.74) is 7.25. The van der Waals surface area contributed by atoms with Gasteiger partial charge in [0.2, 0.25) is 0 Å². The fourth-order valence-corrected chi connectivity index (χ4v) is 1.78. The summed E-state index contributed by atoms with van der Waals surface area (Å²) in [4.78, 5) is 15.1. The quantitative estimate of drug-likeness (QED) is 0.653. The molecule has 0 atom stereocenters. The zero-order valence-corrected chi connectivity index (χ0v) is 11.2. The summed E-state index contributed by atoms with van der Waals surface area (Å²) in [6.07, 6.45) is 2.38. The molecule has 2 rings (SSSR count). The van der Waals surface area contributed by atoms with Crippen LogP contribution in [-0.2, 0) is 11.3 Å². The number of esters is 1. The molecule has 0 radical (unpaired) electrons. The molecule has 1 aromatic carbocycles. The maximum atomic E-state index is 12.7. The predicted octanol–water partition coefficient (Wildman–Crippen LogP) is 2.26. The van der Waals surface area contributed by atoms with E-state index in [4.69, 9.17) is 5.73 Å². The van der Waals surface area contributed by atoms with E-state index in [0.29, 0.717) is 22.6 Å². The number of alkyl halides is 2. The largest absolute Gasteiger partial charge is 0.465 e. The van der Waals surface area contributed by atoms with Crippen LogP contribution in [0.4, 0.5) is 20.2 Å². The van der Waals surface area contributed by atoms with Crippen LogP contribution in [0.25, 0.3) is 0 Å². The number of aromatic nitrogens is 2. The Balaban J connectivity index is 2.16. The minimum Gasteiger partial charge on any atom is -0.465 e. The number of imidazole rings is 1. The van der Waals surface area contributed by atoms with Crippen molar-refractivity contribution < 1.29 is 18.3 Å². The van der Waals surface area contributed by atoms with Crippen LogP contribution in [0.2, 0.25) is 0 Å². The molecule has 0 aliphatic rings. The van der Waals surface area contributed by atoms with Gasteiger partial charge in [-0.15, -0.1) is 0 Å². The monoisotopic (exact) mass is 296 g/mol. The Kier molecular flexibility index (Phi) is 4.36. The Morgan fingerprint density at radius 3 is 2.95 bits per heavy atom. The summed E-state index contributed by atoms with van der Waals surface area (Å²) < 4.78 is 30.7. The highest BCUT2D eigenvalue weighted by molar-refractivity contribution is 5.91. The second-order valence-corrected chi connectivity index (χ2v) is 4.22. The van der Waals surface area contributed by atoms with Crippen molar-refractivity contribution in [1.82, 2.24) is 9.55 Å². The predicted molar refractivity (Wildman–Crippen MR) is 73.0 cm³/mol. The molecule has 2 aromatic rings. The SMILES string of the molecule is COC(=O)c1ccc(N)c(NCc2cncn2C(F)F)c1. The smallest absolute Gasteiger partial charge is 0.337 e. The highest BCUT2D eigenvalue weighted by Gasteiger charge is 2.12. The molecule has 8 heteroatoms. The summed E-state index contributed by atoms with van der Waals surface area (Å²) in [5, 5.41) is 2.90. The van der Waals surface area contributed by atoms with E-state index in [1.165, 1.54) is 25.4 Å². The first-order valence-electron chi connectivity index (χ1n) is 6.03. The minimum atomic E-state index is -2.66. The summed E-state index contributed by atoms with van der Waals surface area (Å²) in [7, 11) is 1.27. The van der Waals surface area contributed by atoms with Crippen LogP contribution in [0.3, 0.4) is 0 Å². The number of nitrogens with two attached hydrogens (primary N) is 1. The third-order valence-corrected chi connectivity index (χ3v) is 2.89. The number of nitrogen functional groups attached to an aromatic ring is 1. The molecule has 0 aliphatic carbocycles. The number of rotatable bonds is 5. The van der Waals surface area contributed by atoms with Gasteiger partial charge in [0.25, 0.3) is 0 Å². The molecule has 1 heterocycles. The number of hydrogen-bond acceptors (Lipinski definition) is 5. The van der Waals surface area contributed by atoms with Gasteiger partial charge in [0.05, 0.1) is 48.8 Å². The van der Waals surface area contributed by atoms with E-state index >= 15 is 0 Å².